The summed E-state index contributed by atoms with van der Waals surface area (Å²) >= 11 is 0. The number of pyridine rings is 2. The van der Waals surface area contributed by atoms with E-state index >= 15 is 0 Å². The number of ether oxygens (including phenoxy) is 1. The second kappa shape index (κ2) is 5.52. The van der Waals surface area contributed by atoms with E-state index in [1.807, 2.05) is 36.4 Å². The molecule has 1 N–H and O–H groups in total. The molecule has 0 spiro atoms. The van der Waals surface area contributed by atoms with Gasteiger partial charge in [0, 0.05) is 28.6 Å². The second-order valence-electron chi connectivity index (χ2n) is 6.10. The van der Waals surface area contributed by atoms with Crippen LogP contribution in [0.4, 0.5) is 4.39 Å². The number of benzene rings is 2. The summed E-state index contributed by atoms with van der Waals surface area (Å²) in [6.45, 7) is 0. The van der Waals surface area contributed by atoms with Crippen molar-refractivity contribution in [2.45, 2.75) is 0 Å². The Morgan fingerprint density at radius 2 is 1.77 bits per heavy atom. The molecule has 4 nitrogen and oxygen atoms in total. The fourth-order valence-corrected chi connectivity index (χ4v) is 3.46. The SMILES string of the molecule is COc1ccc2[nH]c3c(-c4cccc5c(F)cccc45)nccc3c2n1. The molecule has 0 unspecified atom stereocenters. The maximum Gasteiger partial charge on any atom is 0.213 e. The smallest absolute Gasteiger partial charge is 0.213 e. The number of hydrogen-bond acceptors (Lipinski definition) is 3. The highest BCUT2D eigenvalue weighted by molar-refractivity contribution is 6.11. The average Bonchev–Trinajstić information content (AvgIpc) is 3.06. The molecule has 0 fully saturated rings. The van der Waals surface area contributed by atoms with Crippen molar-refractivity contribution in [1.82, 2.24) is 15.0 Å². The minimum atomic E-state index is -0.237. The molecule has 2 aromatic carbocycles. The Kier molecular flexibility index (Phi) is 3.15. The van der Waals surface area contributed by atoms with E-state index in [9.17, 15) is 4.39 Å². The quantitative estimate of drug-likeness (QED) is 0.486. The number of hydrogen-bond donors (Lipinski definition) is 1. The summed E-state index contributed by atoms with van der Waals surface area (Å²) in [6, 6.07) is 16.4. The van der Waals surface area contributed by atoms with Gasteiger partial charge in [-0.25, -0.2) is 9.37 Å². The molecule has 0 amide bonds. The van der Waals surface area contributed by atoms with Gasteiger partial charge in [0.1, 0.15) is 5.82 Å². The monoisotopic (exact) mass is 343 g/mol. The topological polar surface area (TPSA) is 50.8 Å². The molecule has 0 aliphatic heterocycles. The van der Waals surface area contributed by atoms with E-state index in [2.05, 4.69) is 15.0 Å². The number of methoxy groups -OCH3 is 1. The number of aromatic amines is 1. The fourth-order valence-electron chi connectivity index (χ4n) is 3.46. The zero-order valence-corrected chi connectivity index (χ0v) is 14.0. The number of aromatic nitrogens is 3. The van der Waals surface area contributed by atoms with Crippen LogP contribution in [0.5, 0.6) is 5.88 Å². The van der Waals surface area contributed by atoms with Crippen molar-refractivity contribution >= 4 is 32.7 Å². The van der Waals surface area contributed by atoms with E-state index in [0.717, 1.165) is 38.6 Å². The Labute approximate surface area is 148 Å². The first-order chi connectivity index (χ1) is 12.8. The molecule has 0 saturated heterocycles. The highest BCUT2D eigenvalue weighted by Crippen LogP contribution is 2.35. The summed E-state index contributed by atoms with van der Waals surface area (Å²) in [5.41, 5.74) is 4.26. The lowest BCUT2D eigenvalue weighted by molar-refractivity contribution is 0.399. The van der Waals surface area contributed by atoms with Gasteiger partial charge in [0.05, 0.1) is 29.4 Å². The van der Waals surface area contributed by atoms with E-state index in [0.29, 0.717) is 11.3 Å². The van der Waals surface area contributed by atoms with Gasteiger partial charge in [-0.1, -0.05) is 30.3 Å². The van der Waals surface area contributed by atoms with Crippen molar-refractivity contribution < 1.29 is 9.13 Å². The summed E-state index contributed by atoms with van der Waals surface area (Å²) in [6.07, 6.45) is 1.75. The molecule has 0 atom stereocenters. The molecule has 5 heteroatoms. The molecule has 5 aromatic rings. The first kappa shape index (κ1) is 14.8. The summed E-state index contributed by atoms with van der Waals surface area (Å²) in [5.74, 6) is 0.323. The lowest BCUT2D eigenvalue weighted by Crippen LogP contribution is -1.88. The van der Waals surface area contributed by atoms with Gasteiger partial charge in [0.25, 0.3) is 0 Å². The van der Waals surface area contributed by atoms with E-state index < -0.39 is 0 Å². The van der Waals surface area contributed by atoms with Gasteiger partial charge in [-0.2, -0.15) is 0 Å². The van der Waals surface area contributed by atoms with Crippen LogP contribution in [0.2, 0.25) is 0 Å². The van der Waals surface area contributed by atoms with Crippen molar-refractivity contribution in [3.63, 3.8) is 0 Å². The summed E-state index contributed by atoms with van der Waals surface area (Å²) in [7, 11) is 1.60. The van der Waals surface area contributed by atoms with E-state index in [4.69, 9.17) is 4.74 Å². The first-order valence-electron chi connectivity index (χ1n) is 8.25. The Morgan fingerprint density at radius 3 is 2.65 bits per heavy atom. The van der Waals surface area contributed by atoms with E-state index in [1.165, 1.54) is 6.07 Å². The molecule has 5 rings (SSSR count). The largest absolute Gasteiger partial charge is 0.481 e. The van der Waals surface area contributed by atoms with Crippen LogP contribution in [0.15, 0.2) is 60.8 Å². The predicted octanol–water partition coefficient (Wildman–Crippen LogP) is 5.08. The van der Waals surface area contributed by atoms with Gasteiger partial charge >= 0.3 is 0 Å². The lowest BCUT2D eigenvalue weighted by atomic mass is 10.0. The van der Waals surface area contributed by atoms with Crippen molar-refractivity contribution in [3.05, 3.63) is 66.6 Å². The summed E-state index contributed by atoms with van der Waals surface area (Å²) in [4.78, 5) is 12.5. The molecule has 0 aliphatic carbocycles. The minimum Gasteiger partial charge on any atom is -0.481 e. The van der Waals surface area contributed by atoms with Crippen molar-refractivity contribution in [3.8, 4) is 17.1 Å². The fraction of sp³-hybridized carbons (Fsp3) is 0.0476. The van der Waals surface area contributed by atoms with Crippen LogP contribution >= 0.6 is 0 Å². The third-order valence-corrected chi connectivity index (χ3v) is 4.67. The van der Waals surface area contributed by atoms with Crippen molar-refractivity contribution in [2.75, 3.05) is 7.11 Å². The molecule has 0 radical (unpaired) electrons. The molecule has 0 bridgehead atoms. The molecule has 3 aromatic heterocycles. The van der Waals surface area contributed by atoms with E-state index in [-0.39, 0.29) is 5.82 Å². The van der Waals surface area contributed by atoms with Crippen LogP contribution in [0.25, 0.3) is 44.0 Å². The van der Waals surface area contributed by atoms with Gasteiger partial charge < -0.3 is 9.72 Å². The van der Waals surface area contributed by atoms with Crippen LogP contribution in [0.1, 0.15) is 0 Å². The molecule has 3 heterocycles. The Morgan fingerprint density at radius 1 is 0.923 bits per heavy atom. The maximum atomic E-state index is 14.2. The number of H-pyrrole nitrogens is 1. The number of nitrogens with zero attached hydrogens (tertiary/aromatic N) is 2. The molecule has 0 saturated carbocycles. The highest BCUT2D eigenvalue weighted by Gasteiger charge is 2.15. The molecule has 26 heavy (non-hydrogen) atoms. The second-order valence-corrected chi connectivity index (χ2v) is 6.10. The lowest BCUT2D eigenvalue weighted by Gasteiger charge is -2.08. The minimum absolute atomic E-state index is 0.237. The van der Waals surface area contributed by atoms with Crippen LogP contribution in [-0.4, -0.2) is 22.1 Å². The van der Waals surface area contributed by atoms with Crippen molar-refractivity contribution in [1.29, 1.82) is 0 Å². The molecular weight excluding hydrogens is 329 g/mol. The third-order valence-electron chi connectivity index (χ3n) is 4.67. The Bertz CT molecular complexity index is 1290. The zero-order chi connectivity index (χ0) is 17.7. The van der Waals surface area contributed by atoms with Gasteiger partial charge in [0.15, 0.2) is 0 Å². The molecular formula is C21H14FN3O. The molecule has 126 valence electrons. The van der Waals surface area contributed by atoms with Crippen LogP contribution in [0, 0.1) is 5.82 Å². The Hall–Kier alpha value is -3.47. The Balaban J connectivity index is 1.87. The van der Waals surface area contributed by atoms with Gasteiger partial charge in [-0.05, 0) is 23.6 Å². The predicted molar refractivity (Wildman–Crippen MR) is 101 cm³/mol. The van der Waals surface area contributed by atoms with E-state index in [1.54, 1.807) is 25.4 Å². The number of fused-ring (bicyclic) bond motifs is 4. The average molecular weight is 343 g/mol. The summed E-state index contributed by atoms with van der Waals surface area (Å²) in [5, 5.41) is 2.37. The number of rotatable bonds is 2. The number of nitrogens with one attached hydrogen (secondary N) is 1. The van der Waals surface area contributed by atoms with Crippen LogP contribution < -0.4 is 4.74 Å². The highest BCUT2D eigenvalue weighted by atomic mass is 19.1. The maximum absolute atomic E-state index is 14.2. The standard InChI is InChI=1S/C21H14FN3O/c1-26-18-9-8-17-19(25-18)15-10-11-23-20(21(15)24-17)14-6-2-5-13-12(14)4-3-7-16(13)22/h2-11,24H,1H3. The van der Waals surface area contributed by atoms with Crippen LogP contribution in [0.3, 0.4) is 0 Å². The van der Waals surface area contributed by atoms with Gasteiger partial charge in [-0.15, -0.1) is 0 Å². The molecule has 0 aliphatic rings. The first-order valence-corrected chi connectivity index (χ1v) is 8.25. The number of halogens is 1. The normalized spacial score (nSPS) is 11.5. The van der Waals surface area contributed by atoms with Gasteiger partial charge in [0.2, 0.25) is 5.88 Å². The van der Waals surface area contributed by atoms with Crippen LogP contribution in [-0.2, 0) is 0 Å². The zero-order valence-electron chi connectivity index (χ0n) is 14.0. The summed E-state index contributed by atoms with van der Waals surface area (Å²) < 4.78 is 19.4. The third kappa shape index (κ3) is 2.07. The van der Waals surface area contributed by atoms with Crippen molar-refractivity contribution in [2.24, 2.45) is 0 Å². The van der Waals surface area contributed by atoms with Gasteiger partial charge in [-0.3, -0.25) is 4.98 Å².